The number of thioether (sulfide) groups is 1. The molecule has 2 aliphatic rings. The summed E-state index contributed by atoms with van der Waals surface area (Å²) >= 11 is 2.35. The highest BCUT2D eigenvalue weighted by atomic mass is 32.2. The Balaban J connectivity index is 1.38. The largest absolute Gasteiger partial charge is 0.384 e. The first kappa shape index (κ1) is 28.0. The van der Waals surface area contributed by atoms with E-state index in [-0.39, 0.29) is 34.5 Å². The average Bonchev–Trinajstić information content (AvgIpc) is 3.41. The summed E-state index contributed by atoms with van der Waals surface area (Å²) < 4.78 is 0.487. The van der Waals surface area contributed by atoms with Crippen molar-refractivity contribution in [2.75, 3.05) is 16.0 Å². The molecular weight excluding hydrogens is 562 g/mol. The minimum atomic E-state index is -0.553. The number of hydrogen-bond acceptors (Lipinski definition) is 11. The van der Waals surface area contributed by atoms with Crippen molar-refractivity contribution in [3.63, 3.8) is 0 Å². The van der Waals surface area contributed by atoms with Gasteiger partial charge in [-0.3, -0.25) is 24.6 Å². The SMILES string of the molecule is Cc1ccc(C2C(C#N)=C(N)N(c3nnc(SCC(=O)Nc4ccc(C)c([N+](=O)[O-])c4)s3)C3=C2C(=O)CCC3)cc1. The van der Waals surface area contributed by atoms with E-state index in [0.717, 1.165) is 28.6 Å². The second-order valence-electron chi connectivity index (χ2n) is 9.67. The van der Waals surface area contributed by atoms with Crippen LogP contribution < -0.4 is 16.0 Å². The number of nitriles is 1. The van der Waals surface area contributed by atoms with Crippen LogP contribution in [0.25, 0.3) is 0 Å². The van der Waals surface area contributed by atoms with Crippen molar-refractivity contribution in [1.82, 2.24) is 10.2 Å². The summed E-state index contributed by atoms with van der Waals surface area (Å²) in [5, 5.41) is 32.9. The van der Waals surface area contributed by atoms with Crippen LogP contribution in [0.3, 0.4) is 0 Å². The lowest BCUT2D eigenvalue weighted by Gasteiger charge is -2.38. The number of nitro benzene ring substituents is 1. The van der Waals surface area contributed by atoms with Crippen molar-refractivity contribution < 1.29 is 14.5 Å². The van der Waals surface area contributed by atoms with Crippen LogP contribution in [-0.2, 0) is 9.59 Å². The van der Waals surface area contributed by atoms with Gasteiger partial charge in [0.2, 0.25) is 11.0 Å². The summed E-state index contributed by atoms with van der Waals surface area (Å²) in [6.45, 7) is 3.60. The molecule has 41 heavy (non-hydrogen) atoms. The number of rotatable bonds is 7. The highest BCUT2D eigenvalue weighted by molar-refractivity contribution is 8.01. The Bertz CT molecular complexity index is 1670. The number of nitrogens with two attached hydrogens (primary N) is 1. The van der Waals surface area contributed by atoms with E-state index < -0.39 is 10.8 Å². The van der Waals surface area contributed by atoms with Gasteiger partial charge in [-0.1, -0.05) is 59.0 Å². The molecule has 13 heteroatoms. The second-order valence-corrected chi connectivity index (χ2v) is 11.9. The predicted octanol–water partition coefficient (Wildman–Crippen LogP) is 5.10. The van der Waals surface area contributed by atoms with Gasteiger partial charge in [-0.25, -0.2) is 0 Å². The fraction of sp³-hybridized carbons (Fsp3) is 0.250. The summed E-state index contributed by atoms with van der Waals surface area (Å²) in [4.78, 5) is 38.2. The predicted molar refractivity (Wildman–Crippen MR) is 156 cm³/mol. The summed E-state index contributed by atoms with van der Waals surface area (Å²) in [7, 11) is 0. The maximum atomic E-state index is 13.3. The van der Waals surface area contributed by atoms with Crippen LogP contribution in [0.15, 0.2) is 69.5 Å². The molecule has 1 atom stereocenters. The Labute approximate surface area is 243 Å². The number of nitro groups is 1. The van der Waals surface area contributed by atoms with Gasteiger partial charge in [-0.05, 0) is 38.3 Å². The quantitative estimate of drug-likeness (QED) is 0.215. The van der Waals surface area contributed by atoms with Crippen LogP contribution in [0.1, 0.15) is 41.9 Å². The molecule has 1 aliphatic heterocycles. The Morgan fingerprint density at radius 2 is 2.00 bits per heavy atom. The highest BCUT2D eigenvalue weighted by Crippen LogP contribution is 2.47. The third kappa shape index (κ3) is 5.57. The smallest absolute Gasteiger partial charge is 0.274 e. The van der Waals surface area contributed by atoms with E-state index in [9.17, 15) is 25.0 Å². The summed E-state index contributed by atoms with van der Waals surface area (Å²) in [6, 6.07) is 14.5. The number of ketones is 1. The van der Waals surface area contributed by atoms with E-state index in [1.807, 2.05) is 31.2 Å². The second kappa shape index (κ2) is 11.5. The maximum Gasteiger partial charge on any atom is 0.274 e. The molecule has 3 N–H and O–H groups in total. The zero-order valence-corrected chi connectivity index (χ0v) is 23.8. The number of hydrogen-bond donors (Lipinski definition) is 2. The van der Waals surface area contributed by atoms with Gasteiger partial charge in [0.05, 0.1) is 28.2 Å². The Morgan fingerprint density at radius 1 is 1.24 bits per heavy atom. The highest BCUT2D eigenvalue weighted by Gasteiger charge is 2.41. The van der Waals surface area contributed by atoms with E-state index in [1.54, 1.807) is 24.0 Å². The number of amides is 1. The minimum Gasteiger partial charge on any atom is -0.384 e. The fourth-order valence-electron chi connectivity index (χ4n) is 4.96. The normalized spacial score (nSPS) is 16.9. The van der Waals surface area contributed by atoms with E-state index in [1.165, 1.54) is 17.4 Å². The molecule has 0 bridgehead atoms. The summed E-state index contributed by atoms with van der Waals surface area (Å²) in [5.74, 6) is -0.736. The lowest BCUT2D eigenvalue weighted by atomic mass is 9.75. The van der Waals surface area contributed by atoms with Crippen LogP contribution in [0.5, 0.6) is 0 Å². The molecule has 1 aliphatic carbocycles. The molecule has 0 saturated heterocycles. The Morgan fingerprint density at radius 3 is 2.71 bits per heavy atom. The minimum absolute atomic E-state index is 0.00694. The lowest BCUT2D eigenvalue weighted by molar-refractivity contribution is -0.385. The van der Waals surface area contributed by atoms with Crippen LogP contribution in [0.4, 0.5) is 16.5 Å². The number of carbonyl (C=O) groups is 2. The number of allylic oxidation sites excluding steroid dienone is 3. The third-order valence-corrected chi connectivity index (χ3v) is 8.97. The van der Waals surface area contributed by atoms with E-state index >= 15 is 0 Å². The number of benzene rings is 2. The van der Waals surface area contributed by atoms with Crippen LogP contribution in [-0.4, -0.2) is 32.6 Å². The fourth-order valence-corrected chi connectivity index (χ4v) is 6.64. The van der Waals surface area contributed by atoms with Crippen LogP contribution >= 0.6 is 23.1 Å². The molecule has 0 saturated carbocycles. The molecular formula is C28H25N7O4S2. The standard InChI is InChI=1S/C28H25N7O4S2/c1-15-6-9-17(10-7-15)24-19(13-29)26(30)34(20-4-3-5-22(36)25(20)24)27-32-33-28(41-27)40-14-23(37)31-18-11-8-16(2)21(12-18)35(38)39/h6-12,24H,3-5,14,30H2,1-2H3,(H,31,37). The van der Waals surface area contributed by atoms with Gasteiger partial charge in [0.15, 0.2) is 10.1 Å². The molecule has 0 fully saturated rings. The molecule has 1 aromatic heterocycles. The Kier molecular flexibility index (Phi) is 7.87. The number of nitrogens with zero attached hydrogens (tertiary/aromatic N) is 5. The molecule has 1 unspecified atom stereocenters. The van der Waals surface area contributed by atoms with E-state index in [4.69, 9.17) is 5.73 Å². The van der Waals surface area contributed by atoms with Crippen molar-refractivity contribution in [3.05, 3.63) is 91.9 Å². The van der Waals surface area contributed by atoms with Gasteiger partial charge in [-0.15, -0.1) is 10.2 Å². The van der Waals surface area contributed by atoms with Crippen molar-refractivity contribution in [2.45, 2.75) is 43.4 Å². The number of aromatic nitrogens is 2. The number of aryl methyl sites for hydroxylation is 2. The van der Waals surface area contributed by atoms with E-state index in [2.05, 4.69) is 21.6 Å². The first-order chi connectivity index (χ1) is 19.7. The molecule has 0 radical (unpaired) electrons. The number of nitrogens with one attached hydrogen (secondary N) is 1. The molecule has 2 heterocycles. The van der Waals surface area contributed by atoms with Crippen molar-refractivity contribution in [1.29, 1.82) is 5.26 Å². The number of carbonyl (C=O) groups excluding carboxylic acids is 2. The lowest BCUT2D eigenvalue weighted by Crippen LogP contribution is -2.38. The molecule has 208 valence electrons. The first-order valence-corrected chi connectivity index (χ1v) is 14.5. The van der Waals surface area contributed by atoms with E-state index in [0.29, 0.717) is 45.6 Å². The van der Waals surface area contributed by atoms with Gasteiger partial charge < -0.3 is 11.1 Å². The maximum absolute atomic E-state index is 13.3. The van der Waals surface area contributed by atoms with Crippen LogP contribution in [0, 0.1) is 35.3 Å². The van der Waals surface area contributed by atoms with Gasteiger partial charge in [0, 0.05) is 35.0 Å². The van der Waals surface area contributed by atoms with Crippen molar-refractivity contribution in [3.8, 4) is 6.07 Å². The number of Topliss-reactive ketones (excluding diaryl/α,β-unsaturated/α-hetero) is 1. The number of anilines is 2. The third-order valence-electron chi connectivity index (χ3n) is 6.93. The van der Waals surface area contributed by atoms with Crippen molar-refractivity contribution >= 4 is 51.3 Å². The zero-order valence-electron chi connectivity index (χ0n) is 22.2. The molecule has 11 nitrogen and oxygen atoms in total. The van der Waals surface area contributed by atoms with Crippen LogP contribution in [0.2, 0.25) is 0 Å². The molecule has 5 rings (SSSR count). The van der Waals surface area contributed by atoms with Gasteiger partial charge in [0.1, 0.15) is 5.82 Å². The zero-order chi connectivity index (χ0) is 29.3. The summed E-state index contributed by atoms with van der Waals surface area (Å²) in [6.07, 6.45) is 1.64. The van der Waals surface area contributed by atoms with Gasteiger partial charge in [0.25, 0.3) is 5.69 Å². The Hall–Kier alpha value is -4.54. The molecule has 3 aromatic rings. The molecule has 2 aromatic carbocycles. The first-order valence-electron chi connectivity index (χ1n) is 12.7. The van der Waals surface area contributed by atoms with Gasteiger partial charge >= 0.3 is 0 Å². The molecule has 0 spiro atoms. The topological polar surface area (TPSA) is 168 Å². The monoisotopic (exact) mass is 587 g/mol. The van der Waals surface area contributed by atoms with Crippen molar-refractivity contribution in [2.24, 2.45) is 5.73 Å². The van der Waals surface area contributed by atoms with Gasteiger partial charge in [-0.2, -0.15) is 5.26 Å². The summed E-state index contributed by atoms with van der Waals surface area (Å²) in [5.41, 5.74) is 10.8. The average molecular weight is 588 g/mol. The molecule has 1 amide bonds.